The van der Waals surface area contributed by atoms with Crippen molar-refractivity contribution >= 4 is 33.9 Å². The molecule has 6 heteroatoms. The van der Waals surface area contributed by atoms with E-state index < -0.39 is 6.03 Å². The number of anilines is 1. The highest BCUT2D eigenvalue weighted by Crippen LogP contribution is 2.23. The van der Waals surface area contributed by atoms with Crippen LogP contribution >= 0.6 is 15.9 Å². The van der Waals surface area contributed by atoms with Gasteiger partial charge >= 0.3 is 6.03 Å². The van der Waals surface area contributed by atoms with Gasteiger partial charge in [-0.3, -0.25) is 0 Å². The number of nitrogens with zero attached hydrogens (tertiary/aromatic N) is 1. The maximum Gasteiger partial charge on any atom is 0.339 e. The minimum absolute atomic E-state index is 0.409. The van der Waals surface area contributed by atoms with Crippen LogP contribution in [0.5, 0.6) is 5.75 Å². The molecule has 0 spiro atoms. The molecule has 0 bridgehead atoms. The molecule has 0 aliphatic heterocycles. The molecule has 0 aliphatic rings. The number of ether oxygens (including phenoxy) is 1. The van der Waals surface area contributed by atoms with Gasteiger partial charge in [0.25, 0.3) is 0 Å². The SMILES string of the molecule is Cc1cccc(COc2ccc(Br)cc2C=NNC(=O)Nc2ccccc2C)c1. The number of halogens is 1. The van der Waals surface area contributed by atoms with Gasteiger partial charge in [-0.2, -0.15) is 5.10 Å². The van der Waals surface area contributed by atoms with E-state index in [9.17, 15) is 4.79 Å². The molecular formula is C23H22BrN3O2. The molecular weight excluding hydrogens is 430 g/mol. The summed E-state index contributed by atoms with van der Waals surface area (Å²) in [5, 5.41) is 6.82. The summed E-state index contributed by atoms with van der Waals surface area (Å²) in [4.78, 5) is 12.1. The molecule has 3 aromatic carbocycles. The Bertz CT molecular complexity index is 1030. The molecule has 0 aromatic heterocycles. The predicted octanol–water partition coefficient (Wildman–Crippen LogP) is 5.80. The molecule has 3 rings (SSSR count). The fourth-order valence-electron chi connectivity index (χ4n) is 2.74. The normalized spacial score (nSPS) is 10.7. The smallest absolute Gasteiger partial charge is 0.339 e. The zero-order valence-electron chi connectivity index (χ0n) is 16.3. The summed E-state index contributed by atoms with van der Waals surface area (Å²) in [6.45, 7) is 4.43. The monoisotopic (exact) mass is 451 g/mol. The van der Waals surface area contributed by atoms with Gasteiger partial charge < -0.3 is 10.1 Å². The Morgan fingerprint density at radius 1 is 1.07 bits per heavy atom. The number of carbonyl (C=O) groups excluding carboxylic acids is 1. The van der Waals surface area contributed by atoms with Gasteiger partial charge in [-0.25, -0.2) is 10.2 Å². The van der Waals surface area contributed by atoms with Crippen LogP contribution in [-0.2, 0) is 6.61 Å². The zero-order valence-corrected chi connectivity index (χ0v) is 17.9. The molecule has 0 atom stereocenters. The number of nitrogens with one attached hydrogen (secondary N) is 2. The van der Waals surface area contributed by atoms with E-state index in [-0.39, 0.29) is 0 Å². The van der Waals surface area contributed by atoms with Gasteiger partial charge in [0.05, 0.1) is 6.21 Å². The fourth-order valence-corrected chi connectivity index (χ4v) is 3.12. The van der Waals surface area contributed by atoms with Gasteiger partial charge in [0.1, 0.15) is 12.4 Å². The third-order valence-corrected chi connectivity index (χ3v) is 4.70. The Morgan fingerprint density at radius 3 is 2.69 bits per heavy atom. The van der Waals surface area contributed by atoms with Crippen LogP contribution in [0.1, 0.15) is 22.3 Å². The number of rotatable bonds is 6. The minimum atomic E-state index is -0.409. The first-order chi connectivity index (χ1) is 14.0. The molecule has 5 nitrogen and oxygen atoms in total. The van der Waals surface area contributed by atoms with Crippen molar-refractivity contribution in [3.63, 3.8) is 0 Å². The third-order valence-electron chi connectivity index (χ3n) is 4.21. The van der Waals surface area contributed by atoms with Crippen molar-refractivity contribution in [3.8, 4) is 5.75 Å². The average Bonchev–Trinajstić information content (AvgIpc) is 2.69. The highest BCUT2D eigenvalue weighted by molar-refractivity contribution is 9.10. The second-order valence-electron chi connectivity index (χ2n) is 6.60. The van der Waals surface area contributed by atoms with Crippen molar-refractivity contribution in [2.24, 2.45) is 5.10 Å². The molecule has 2 N–H and O–H groups in total. The van der Waals surface area contributed by atoms with Gasteiger partial charge in [0.2, 0.25) is 0 Å². The first-order valence-corrected chi connectivity index (χ1v) is 9.94. The number of benzene rings is 3. The summed E-state index contributed by atoms with van der Waals surface area (Å²) < 4.78 is 6.86. The molecule has 0 radical (unpaired) electrons. The van der Waals surface area contributed by atoms with Crippen LogP contribution in [0.15, 0.2) is 76.3 Å². The summed E-state index contributed by atoms with van der Waals surface area (Å²) in [6.07, 6.45) is 1.56. The molecule has 2 amide bonds. The van der Waals surface area contributed by atoms with Crippen molar-refractivity contribution in [2.45, 2.75) is 20.5 Å². The molecule has 0 fully saturated rings. The summed E-state index contributed by atoms with van der Waals surface area (Å²) >= 11 is 3.46. The quantitative estimate of drug-likeness (QED) is 0.367. The highest BCUT2D eigenvalue weighted by atomic mass is 79.9. The lowest BCUT2D eigenvalue weighted by Gasteiger charge is -2.10. The Kier molecular flexibility index (Phi) is 7.03. The Balaban J connectivity index is 1.64. The number of hydrogen-bond donors (Lipinski definition) is 2. The number of hydrazone groups is 1. The summed E-state index contributed by atoms with van der Waals surface area (Å²) in [6, 6.07) is 21.0. The molecule has 148 valence electrons. The molecule has 29 heavy (non-hydrogen) atoms. The van der Waals surface area contributed by atoms with E-state index in [4.69, 9.17) is 4.74 Å². The predicted molar refractivity (Wildman–Crippen MR) is 121 cm³/mol. The molecule has 0 aliphatic carbocycles. The topological polar surface area (TPSA) is 62.7 Å². The maximum absolute atomic E-state index is 12.1. The van der Waals surface area contributed by atoms with Crippen LogP contribution in [0.4, 0.5) is 10.5 Å². The van der Waals surface area contributed by atoms with Crippen molar-refractivity contribution in [2.75, 3.05) is 5.32 Å². The number of carbonyl (C=O) groups is 1. The van der Waals surface area contributed by atoms with Gasteiger partial charge in [-0.15, -0.1) is 0 Å². The summed E-state index contributed by atoms with van der Waals surface area (Å²) in [5.41, 5.74) is 7.23. The Hall–Kier alpha value is -3.12. The van der Waals surface area contributed by atoms with Crippen LogP contribution in [0.3, 0.4) is 0 Å². The number of para-hydroxylation sites is 1. The van der Waals surface area contributed by atoms with Crippen molar-refractivity contribution in [1.82, 2.24) is 5.43 Å². The number of aryl methyl sites for hydroxylation is 2. The van der Waals surface area contributed by atoms with Crippen molar-refractivity contribution in [1.29, 1.82) is 0 Å². The number of urea groups is 1. The summed E-state index contributed by atoms with van der Waals surface area (Å²) in [7, 11) is 0. The summed E-state index contributed by atoms with van der Waals surface area (Å²) in [5.74, 6) is 0.680. The number of hydrogen-bond acceptors (Lipinski definition) is 3. The Morgan fingerprint density at radius 2 is 1.90 bits per heavy atom. The largest absolute Gasteiger partial charge is 0.488 e. The molecule has 0 saturated heterocycles. The molecule has 0 heterocycles. The minimum Gasteiger partial charge on any atom is -0.488 e. The second-order valence-corrected chi connectivity index (χ2v) is 7.51. The van der Waals surface area contributed by atoms with E-state index in [1.165, 1.54) is 5.56 Å². The van der Waals surface area contributed by atoms with Gasteiger partial charge in [0, 0.05) is 15.7 Å². The van der Waals surface area contributed by atoms with Crippen LogP contribution in [-0.4, -0.2) is 12.2 Å². The molecule has 0 saturated carbocycles. The molecule has 3 aromatic rings. The lowest BCUT2D eigenvalue weighted by atomic mass is 10.1. The highest BCUT2D eigenvalue weighted by Gasteiger charge is 2.05. The third kappa shape index (κ3) is 6.19. The fraction of sp³-hybridized carbons (Fsp3) is 0.130. The van der Waals surface area contributed by atoms with Gasteiger partial charge in [-0.05, 0) is 49.2 Å². The van der Waals surface area contributed by atoms with E-state index in [1.807, 2.05) is 61.5 Å². The van der Waals surface area contributed by atoms with E-state index >= 15 is 0 Å². The van der Waals surface area contributed by atoms with E-state index in [0.29, 0.717) is 12.4 Å². The van der Waals surface area contributed by atoms with E-state index in [1.54, 1.807) is 6.21 Å². The van der Waals surface area contributed by atoms with Crippen LogP contribution in [0.25, 0.3) is 0 Å². The Labute approximate surface area is 178 Å². The standard InChI is InChI=1S/C23H22BrN3O2/c1-16-6-5-8-18(12-16)15-29-22-11-10-20(24)13-19(22)14-25-27-23(28)26-21-9-4-3-7-17(21)2/h3-14H,15H2,1-2H3,(H2,26,27,28). The van der Waals surface area contributed by atoms with Crippen LogP contribution < -0.4 is 15.5 Å². The second kappa shape index (κ2) is 9.89. The van der Waals surface area contributed by atoms with Gasteiger partial charge in [0.15, 0.2) is 0 Å². The zero-order chi connectivity index (χ0) is 20.6. The van der Waals surface area contributed by atoms with E-state index in [2.05, 4.69) is 50.8 Å². The van der Waals surface area contributed by atoms with Gasteiger partial charge in [-0.1, -0.05) is 64.0 Å². The number of amides is 2. The first kappa shape index (κ1) is 20.6. The van der Waals surface area contributed by atoms with Crippen LogP contribution in [0.2, 0.25) is 0 Å². The first-order valence-electron chi connectivity index (χ1n) is 9.15. The van der Waals surface area contributed by atoms with E-state index in [0.717, 1.165) is 26.9 Å². The van der Waals surface area contributed by atoms with Crippen LogP contribution in [0, 0.1) is 13.8 Å². The molecule has 0 unspecified atom stereocenters. The lowest BCUT2D eigenvalue weighted by molar-refractivity contribution is 0.252. The lowest BCUT2D eigenvalue weighted by Crippen LogP contribution is -2.24. The average molecular weight is 452 g/mol. The maximum atomic E-state index is 12.1. The van der Waals surface area contributed by atoms with Crippen molar-refractivity contribution < 1.29 is 9.53 Å². The van der Waals surface area contributed by atoms with Crippen molar-refractivity contribution in [3.05, 3.63) is 93.5 Å².